The molecule has 3 rings (SSSR count). The van der Waals surface area contributed by atoms with Crippen LogP contribution in [0.2, 0.25) is 0 Å². The van der Waals surface area contributed by atoms with Crippen LogP contribution in [0.15, 0.2) is 23.8 Å². The lowest BCUT2D eigenvalue weighted by Gasteiger charge is -2.51. The molecule has 1 aliphatic carbocycles. The number of carbonyl (C=O) groups is 1. The van der Waals surface area contributed by atoms with Crippen molar-refractivity contribution in [1.29, 1.82) is 0 Å². The molecule has 3 aliphatic rings. The van der Waals surface area contributed by atoms with Crippen LogP contribution in [0.4, 0.5) is 0 Å². The van der Waals surface area contributed by atoms with E-state index in [1.54, 1.807) is 26.0 Å². The summed E-state index contributed by atoms with van der Waals surface area (Å²) < 4.78 is 17.3. The maximum atomic E-state index is 11.6. The van der Waals surface area contributed by atoms with Crippen molar-refractivity contribution in [3.8, 4) is 0 Å². The van der Waals surface area contributed by atoms with Crippen LogP contribution in [0.1, 0.15) is 33.6 Å². The van der Waals surface area contributed by atoms with Crippen molar-refractivity contribution in [2.24, 2.45) is 5.41 Å². The highest BCUT2D eigenvalue weighted by Gasteiger charge is 2.67. The van der Waals surface area contributed by atoms with Gasteiger partial charge in [-0.25, -0.2) is 4.79 Å². The highest BCUT2D eigenvalue weighted by molar-refractivity contribution is 5.81. The third-order valence-electron chi connectivity index (χ3n) is 6.84. The summed E-state index contributed by atoms with van der Waals surface area (Å²) in [7, 11) is 0. The SMILES string of the molecule is CC(/C=C/[C@@]1(O)[C@@]2(C)CO[C@]1(C)C[C@H](O[C@@H]1O[C@H](CO)[C@@H](O)[C@H](O)[C@@H]1O)C2)=C\C(=O)O. The molecule has 0 radical (unpaired) electrons. The number of carboxylic acid groups (broad SMARTS) is 1. The summed E-state index contributed by atoms with van der Waals surface area (Å²) in [6.45, 7) is 4.88. The summed E-state index contributed by atoms with van der Waals surface area (Å²) in [5, 5.41) is 60.0. The van der Waals surface area contributed by atoms with Crippen molar-refractivity contribution < 1.29 is 49.6 Å². The number of rotatable bonds is 6. The van der Waals surface area contributed by atoms with Gasteiger partial charge in [-0.3, -0.25) is 0 Å². The lowest BCUT2D eigenvalue weighted by atomic mass is 9.59. The van der Waals surface area contributed by atoms with Gasteiger partial charge in [0.2, 0.25) is 0 Å². The Balaban J connectivity index is 1.78. The van der Waals surface area contributed by atoms with Crippen LogP contribution in [0.25, 0.3) is 0 Å². The van der Waals surface area contributed by atoms with Crippen molar-refractivity contribution in [3.63, 3.8) is 0 Å². The lowest BCUT2D eigenvalue weighted by Crippen LogP contribution is -2.63. The Hall–Kier alpha value is -1.37. The van der Waals surface area contributed by atoms with Gasteiger partial charge in [-0.2, -0.15) is 0 Å². The number of aliphatic carboxylic acids is 1. The summed E-state index contributed by atoms with van der Waals surface area (Å²) >= 11 is 0. The molecule has 0 aromatic carbocycles. The Morgan fingerprint density at radius 1 is 1.16 bits per heavy atom. The molecule has 0 aromatic heterocycles. The average Bonchev–Trinajstić information content (AvgIpc) is 2.79. The van der Waals surface area contributed by atoms with Gasteiger partial charge in [0, 0.05) is 17.9 Å². The number of aliphatic hydroxyl groups excluding tert-OH is 4. The van der Waals surface area contributed by atoms with E-state index in [2.05, 4.69) is 0 Å². The van der Waals surface area contributed by atoms with Gasteiger partial charge >= 0.3 is 5.97 Å². The normalized spacial score (nSPS) is 48.3. The smallest absolute Gasteiger partial charge is 0.328 e. The largest absolute Gasteiger partial charge is 0.478 e. The monoisotopic (exact) mass is 444 g/mol. The van der Waals surface area contributed by atoms with E-state index in [9.17, 15) is 30.3 Å². The van der Waals surface area contributed by atoms with E-state index in [-0.39, 0.29) is 13.0 Å². The maximum absolute atomic E-state index is 11.6. The van der Waals surface area contributed by atoms with Crippen molar-refractivity contribution >= 4 is 5.97 Å². The van der Waals surface area contributed by atoms with Gasteiger partial charge in [-0.1, -0.05) is 13.0 Å². The highest BCUT2D eigenvalue weighted by atomic mass is 16.7. The zero-order valence-corrected chi connectivity index (χ0v) is 17.8. The van der Waals surface area contributed by atoms with Gasteiger partial charge in [0.15, 0.2) is 6.29 Å². The van der Waals surface area contributed by atoms with Gasteiger partial charge in [0.1, 0.15) is 35.6 Å². The first kappa shape index (κ1) is 24.3. The number of aliphatic hydroxyl groups is 5. The molecule has 0 unspecified atom stereocenters. The first-order valence-corrected chi connectivity index (χ1v) is 10.3. The van der Waals surface area contributed by atoms with Gasteiger partial charge in [-0.05, 0) is 31.9 Å². The predicted octanol–water partition coefficient (Wildman–Crippen LogP) is -0.921. The van der Waals surface area contributed by atoms with Crippen LogP contribution in [0.5, 0.6) is 0 Å². The molecular weight excluding hydrogens is 412 g/mol. The second-order valence-corrected chi connectivity index (χ2v) is 9.27. The Kier molecular flexibility index (Phi) is 6.68. The average molecular weight is 444 g/mol. The third kappa shape index (κ3) is 4.19. The zero-order chi connectivity index (χ0) is 23.2. The molecule has 10 nitrogen and oxygen atoms in total. The summed E-state index contributed by atoms with van der Waals surface area (Å²) in [5.74, 6) is -1.08. The molecule has 0 spiro atoms. The molecule has 0 amide bonds. The van der Waals surface area contributed by atoms with E-state index in [1.807, 2.05) is 6.92 Å². The molecule has 2 bridgehead atoms. The van der Waals surface area contributed by atoms with E-state index >= 15 is 0 Å². The molecule has 31 heavy (non-hydrogen) atoms. The molecular formula is C21H32O10. The Bertz CT molecular complexity index is 728. The molecule has 2 aliphatic heterocycles. The van der Waals surface area contributed by atoms with Crippen molar-refractivity contribution in [2.75, 3.05) is 13.2 Å². The molecule has 10 heteroatoms. The summed E-state index contributed by atoms with van der Waals surface area (Å²) in [4.78, 5) is 10.9. The standard InChI is InChI=1S/C21H32O10/c1-11(6-14(23)24)4-5-21(28)19(2)7-12(8-20(21,3)29-10-19)30-18-17(27)16(26)15(25)13(9-22)31-18/h4-6,12-13,15-18,22,25-28H,7-10H2,1-3H3,(H,23,24)/b5-4+,11-6+/t12-,13-,15-,16+,17+,18-,19-,20-,21-/m1/s1. The Morgan fingerprint density at radius 2 is 1.84 bits per heavy atom. The summed E-state index contributed by atoms with van der Waals surface area (Å²) in [6.07, 6.45) is -2.65. The highest BCUT2D eigenvalue weighted by Crippen LogP contribution is 2.58. The zero-order valence-electron chi connectivity index (χ0n) is 17.8. The van der Waals surface area contributed by atoms with Crippen molar-refractivity contribution in [1.82, 2.24) is 0 Å². The van der Waals surface area contributed by atoms with Crippen LogP contribution in [-0.2, 0) is 19.0 Å². The van der Waals surface area contributed by atoms with Crippen LogP contribution < -0.4 is 0 Å². The second kappa shape index (κ2) is 8.53. The summed E-state index contributed by atoms with van der Waals surface area (Å²) in [6, 6.07) is 0. The molecule has 9 atom stereocenters. The maximum Gasteiger partial charge on any atom is 0.328 e. The fourth-order valence-corrected chi connectivity index (χ4v) is 4.95. The molecule has 0 aromatic rings. The quantitative estimate of drug-likeness (QED) is 0.223. The fourth-order valence-electron chi connectivity index (χ4n) is 4.95. The number of hydrogen-bond acceptors (Lipinski definition) is 9. The van der Waals surface area contributed by atoms with Crippen LogP contribution in [0.3, 0.4) is 0 Å². The number of fused-ring (bicyclic) bond motifs is 2. The number of hydrogen-bond donors (Lipinski definition) is 6. The third-order valence-corrected chi connectivity index (χ3v) is 6.84. The van der Waals surface area contributed by atoms with Crippen LogP contribution in [-0.4, -0.2) is 97.8 Å². The number of ether oxygens (including phenoxy) is 3. The van der Waals surface area contributed by atoms with Gasteiger partial charge in [0.25, 0.3) is 0 Å². The van der Waals surface area contributed by atoms with E-state index in [4.69, 9.17) is 19.3 Å². The van der Waals surface area contributed by atoms with Crippen molar-refractivity contribution in [2.45, 2.75) is 81.6 Å². The first-order valence-electron chi connectivity index (χ1n) is 10.3. The molecule has 2 saturated heterocycles. The molecule has 6 N–H and O–H groups in total. The molecule has 3 fully saturated rings. The van der Waals surface area contributed by atoms with E-state index < -0.39 is 66.0 Å². The molecule has 1 saturated carbocycles. The summed E-state index contributed by atoms with van der Waals surface area (Å²) in [5.41, 5.74) is -2.77. The van der Waals surface area contributed by atoms with E-state index in [0.29, 0.717) is 12.0 Å². The fraction of sp³-hybridized carbons (Fsp3) is 0.762. The van der Waals surface area contributed by atoms with Crippen molar-refractivity contribution in [3.05, 3.63) is 23.8 Å². The second-order valence-electron chi connectivity index (χ2n) is 9.27. The van der Waals surface area contributed by atoms with E-state index in [0.717, 1.165) is 6.08 Å². The lowest BCUT2D eigenvalue weighted by molar-refractivity contribution is -0.319. The minimum atomic E-state index is -1.54. The van der Waals surface area contributed by atoms with Crippen LogP contribution in [0, 0.1) is 5.41 Å². The van der Waals surface area contributed by atoms with Gasteiger partial charge in [-0.15, -0.1) is 0 Å². The number of allylic oxidation sites excluding steroid dienone is 2. The number of carboxylic acids is 1. The first-order chi connectivity index (χ1) is 14.4. The minimum absolute atomic E-state index is 0.236. The minimum Gasteiger partial charge on any atom is -0.478 e. The Morgan fingerprint density at radius 3 is 2.42 bits per heavy atom. The van der Waals surface area contributed by atoms with E-state index in [1.165, 1.54) is 0 Å². The van der Waals surface area contributed by atoms with Gasteiger partial charge in [0.05, 0.1) is 19.3 Å². The molecule has 2 heterocycles. The molecule has 176 valence electrons. The van der Waals surface area contributed by atoms with Crippen LogP contribution >= 0.6 is 0 Å². The Labute approximate surface area is 180 Å². The topological polar surface area (TPSA) is 166 Å². The van der Waals surface area contributed by atoms with Gasteiger partial charge < -0.3 is 44.8 Å². The predicted molar refractivity (Wildman–Crippen MR) is 106 cm³/mol.